The molecule has 0 rings (SSSR count). The standard InChI is InChI=1S/C82H160O17P2/c1-5-9-13-17-21-25-28-31-34-36-38-39-41-44-47-50-53-57-61-65-69-82(87)99-78(73-93-80(85)67-63-59-55-51-48-45-43-40-37-35-32-29-26-22-18-14-10-6-2)75-97-101(90,91)95-71-76(83)70-94-100(88,89)96-74-77(72-92-79(84)66-62-58-54-24-20-16-12-8-4)98-81(86)68-64-60-56-52-49-46-42-33-30-27-23-19-15-11-7-3/h76-78,83H,5-75H2,1-4H3,(H,88,89)(H,90,91)/t76-,77+,78+/m0/s1. The van der Waals surface area contributed by atoms with E-state index in [1.165, 1.54) is 276 Å². The Morgan fingerprint density at radius 2 is 0.396 bits per heavy atom. The molecule has 0 aliphatic carbocycles. The van der Waals surface area contributed by atoms with Gasteiger partial charge in [0.15, 0.2) is 12.2 Å². The molecular formula is C82H160O17P2. The molecule has 101 heavy (non-hydrogen) atoms. The molecular weight excluding hydrogens is 1320 g/mol. The lowest BCUT2D eigenvalue weighted by Crippen LogP contribution is -2.30. The summed E-state index contributed by atoms with van der Waals surface area (Å²) in [6.45, 7) is 5.01. The van der Waals surface area contributed by atoms with Gasteiger partial charge in [-0.05, 0) is 25.7 Å². The van der Waals surface area contributed by atoms with Crippen LogP contribution in [0.2, 0.25) is 0 Å². The maximum absolute atomic E-state index is 13.1. The number of hydrogen-bond donors (Lipinski definition) is 3. The minimum Gasteiger partial charge on any atom is -0.462 e. The predicted octanol–water partition coefficient (Wildman–Crippen LogP) is 25.0. The van der Waals surface area contributed by atoms with Crippen LogP contribution in [0.15, 0.2) is 0 Å². The summed E-state index contributed by atoms with van der Waals surface area (Å²) < 4.78 is 68.7. The molecule has 0 amide bonds. The minimum atomic E-state index is -4.96. The van der Waals surface area contributed by atoms with Crippen molar-refractivity contribution in [1.29, 1.82) is 0 Å². The van der Waals surface area contributed by atoms with Crippen molar-refractivity contribution >= 4 is 39.5 Å². The SMILES string of the molecule is CCCCCCCCCCCCCCCCCCCCCCC(=O)O[C@H](COC(=O)CCCCCCCCCCCCCCCCCCCC)COP(=O)(O)OC[C@@H](O)COP(=O)(O)OC[C@@H](COC(=O)CCCCCCCCCC)OC(=O)CCCCCCCCCCCCCCCCC. The Bertz CT molecular complexity index is 1910. The van der Waals surface area contributed by atoms with Crippen LogP contribution < -0.4 is 0 Å². The zero-order chi connectivity index (χ0) is 73.9. The highest BCUT2D eigenvalue weighted by Gasteiger charge is 2.30. The maximum atomic E-state index is 13.1. The van der Waals surface area contributed by atoms with E-state index in [1.807, 2.05) is 0 Å². The molecule has 3 N–H and O–H groups in total. The number of aliphatic hydroxyl groups excluding tert-OH is 1. The van der Waals surface area contributed by atoms with E-state index in [0.29, 0.717) is 25.7 Å². The van der Waals surface area contributed by atoms with Crippen LogP contribution in [-0.4, -0.2) is 96.7 Å². The number of phosphoric acid groups is 2. The highest BCUT2D eigenvalue weighted by Crippen LogP contribution is 2.45. The molecule has 0 saturated carbocycles. The first-order valence-electron chi connectivity index (χ1n) is 42.8. The molecule has 600 valence electrons. The normalized spacial score (nSPS) is 13.8. The zero-order valence-corrected chi connectivity index (χ0v) is 67.7. The molecule has 2 unspecified atom stereocenters. The molecule has 0 bridgehead atoms. The molecule has 0 radical (unpaired) electrons. The topological polar surface area (TPSA) is 237 Å². The van der Waals surface area contributed by atoms with E-state index in [4.69, 9.17) is 37.0 Å². The summed E-state index contributed by atoms with van der Waals surface area (Å²) in [6, 6.07) is 0. The van der Waals surface area contributed by atoms with Crippen LogP contribution in [0, 0.1) is 0 Å². The van der Waals surface area contributed by atoms with Gasteiger partial charge in [-0.3, -0.25) is 37.3 Å². The van der Waals surface area contributed by atoms with Crippen LogP contribution >= 0.6 is 15.6 Å². The fourth-order valence-electron chi connectivity index (χ4n) is 12.8. The fourth-order valence-corrected chi connectivity index (χ4v) is 14.4. The average molecular weight is 1480 g/mol. The van der Waals surface area contributed by atoms with Crippen molar-refractivity contribution < 1.29 is 80.2 Å². The summed E-state index contributed by atoms with van der Waals surface area (Å²) in [4.78, 5) is 73.0. The van der Waals surface area contributed by atoms with Crippen molar-refractivity contribution in [3.63, 3.8) is 0 Å². The Hall–Kier alpha value is -1.94. The zero-order valence-electron chi connectivity index (χ0n) is 65.9. The van der Waals surface area contributed by atoms with Gasteiger partial charge < -0.3 is 33.8 Å². The number of carbonyl (C=O) groups is 4. The van der Waals surface area contributed by atoms with E-state index in [0.717, 1.165) is 89.9 Å². The van der Waals surface area contributed by atoms with Crippen LogP contribution in [0.25, 0.3) is 0 Å². The number of phosphoric ester groups is 2. The predicted molar refractivity (Wildman–Crippen MR) is 414 cm³/mol. The van der Waals surface area contributed by atoms with Gasteiger partial charge >= 0.3 is 39.5 Å². The summed E-state index contributed by atoms with van der Waals surface area (Å²) in [7, 11) is -9.91. The summed E-state index contributed by atoms with van der Waals surface area (Å²) in [5, 5.41) is 10.6. The third-order valence-electron chi connectivity index (χ3n) is 19.4. The molecule has 0 spiro atoms. The number of rotatable bonds is 83. The van der Waals surface area contributed by atoms with Crippen molar-refractivity contribution in [3.8, 4) is 0 Å². The minimum absolute atomic E-state index is 0.109. The monoisotopic (exact) mass is 1480 g/mol. The fraction of sp³-hybridized carbons (Fsp3) is 0.951. The van der Waals surface area contributed by atoms with E-state index in [1.54, 1.807) is 0 Å². The molecule has 19 heteroatoms. The van der Waals surface area contributed by atoms with Crippen molar-refractivity contribution in [2.24, 2.45) is 0 Å². The van der Waals surface area contributed by atoms with Gasteiger partial charge in [0, 0.05) is 25.7 Å². The van der Waals surface area contributed by atoms with Crippen LogP contribution in [0.3, 0.4) is 0 Å². The lowest BCUT2D eigenvalue weighted by molar-refractivity contribution is -0.161. The Morgan fingerprint density at radius 3 is 0.584 bits per heavy atom. The smallest absolute Gasteiger partial charge is 0.462 e. The summed E-state index contributed by atoms with van der Waals surface area (Å²) in [5.41, 5.74) is 0. The first-order chi connectivity index (χ1) is 49.2. The maximum Gasteiger partial charge on any atom is 0.472 e. The summed E-state index contributed by atoms with van der Waals surface area (Å²) in [5.74, 6) is -2.11. The Kier molecular flexibility index (Phi) is 74.8. The Morgan fingerprint density at radius 1 is 0.238 bits per heavy atom. The van der Waals surface area contributed by atoms with Gasteiger partial charge in [-0.25, -0.2) is 9.13 Å². The van der Waals surface area contributed by atoms with Gasteiger partial charge in [-0.2, -0.15) is 0 Å². The molecule has 0 saturated heterocycles. The van der Waals surface area contributed by atoms with Gasteiger partial charge in [0.25, 0.3) is 0 Å². The Balaban J connectivity index is 5.19. The van der Waals surface area contributed by atoms with Gasteiger partial charge in [0.05, 0.1) is 26.4 Å². The van der Waals surface area contributed by atoms with E-state index < -0.39 is 97.5 Å². The molecule has 0 heterocycles. The molecule has 0 aliphatic heterocycles. The van der Waals surface area contributed by atoms with E-state index in [9.17, 15) is 43.2 Å². The first-order valence-corrected chi connectivity index (χ1v) is 45.8. The third-order valence-corrected chi connectivity index (χ3v) is 21.3. The van der Waals surface area contributed by atoms with Crippen molar-refractivity contribution in [2.75, 3.05) is 39.6 Å². The second-order valence-corrected chi connectivity index (χ2v) is 32.4. The highest BCUT2D eigenvalue weighted by atomic mass is 31.2. The average Bonchev–Trinajstić information content (AvgIpc) is 1.54. The quantitative estimate of drug-likeness (QED) is 0.0222. The second-order valence-electron chi connectivity index (χ2n) is 29.5. The number of carbonyl (C=O) groups excluding carboxylic acids is 4. The number of aliphatic hydroxyl groups is 1. The number of ether oxygens (including phenoxy) is 4. The van der Waals surface area contributed by atoms with Crippen molar-refractivity contribution in [2.45, 2.75) is 463 Å². The van der Waals surface area contributed by atoms with E-state index in [2.05, 4.69) is 27.7 Å². The lowest BCUT2D eigenvalue weighted by atomic mass is 10.0. The highest BCUT2D eigenvalue weighted by molar-refractivity contribution is 7.47. The van der Waals surface area contributed by atoms with E-state index in [-0.39, 0.29) is 25.7 Å². The number of unbranched alkanes of at least 4 members (excludes halogenated alkanes) is 57. The molecule has 0 fully saturated rings. The Labute approximate surface area is 619 Å². The van der Waals surface area contributed by atoms with Crippen molar-refractivity contribution in [3.05, 3.63) is 0 Å². The first kappa shape index (κ1) is 99.1. The van der Waals surface area contributed by atoms with Gasteiger partial charge in [-0.1, -0.05) is 394 Å². The molecule has 17 nitrogen and oxygen atoms in total. The molecule has 0 aromatic carbocycles. The summed E-state index contributed by atoms with van der Waals surface area (Å²) in [6.07, 6.45) is 69.5. The largest absolute Gasteiger partial charge is 0.472 e. The summed E-state index contributed by atoms with van der Waals surface area (Å²) >= 11 is 0. The van der Waals surface area contributed by atoms with Crippen LogP contribution in [-0.2, 0) is 65.4 Å². The molecule has 0 aromatic rings. The van der Waals surface area contributed by atoms with Crippen LogP contribution in [0.5, 0.6) is 0 Å². The van der Waals surface area contributed by atoms with Crippen molar-refractivity contribution in [1.82, 2.24) is 0 Å². The van der Waals surface area contributed by atoms with Crippen LogP contribution in [0.1, 0.15) is 445 Å². The van der Waals surface area contributed by atoms with Gasteiger partial charge in [-0.15, -0.1) is 0 Å². The molecule has 0 aromatic heterocycles. The molecule has 0 aliphatic rings. The van der Waals surface area contributed by atoms with E-state index >= 15 is 0 Å². The number of esters is 4. The third kappa shape index (κ3) is 76.1. The van der Waals surface area contributed by atoms with Gasteiger partial charge in [0.2, 0.25) is 0 Å². The van der Waals surface area contributed by atoms with Crippen LogP contribution in [0.4, 0.5) is 0 Å². The van der Waals surface area contributed by atoms with Gasteiger partial charge in [0.1, 0.15) is 19.3 Å². The molecule has 5 atom stereocenters. The number of hydrogen-bond acceptors (Lipinski definition) is 15. The second kappa shape index (κ2) is 76.3. The lowest BCUT2D eigenvalue weighted by Gasteiger charge is -2.21.